The molecule has 0 aliphatic carbocycles. The van der Waals surface area contributed by atoms with Crippen LogP contribution in [0.1, 0.15) is 11.5 Å². The molecule has 0 amide bonds. The third-order valence-electron chi connectivity index (χ3n) is 1.82. The molecular formula is C9H8BrFNO2. The molecule has 0 fully saturated rings. The highest BCUT2D eigenvalue weighted by Crippen LogP contribution is 2.28. The van der Waals surface area contributed by atoms with Crippen molar-refractivity contribution in [3.8, 4) is 0 Å². The second kappa shape index (κ2) is 4.50. The monoisotopic (exact) mass is 260 g/mol. The van der Waals surface area contributed by atoms with E-state index in [4.69, 9.17) is 0 Å². The molecular weight excluding hydrogens is 253 g/mol. The van der Waals surface area contributed by atoms with Crippen molar-refractivity contribution >= 4 is 21.6 Å². The normalized spacial score (nSPS) is 12.5. The molecule has 0 aliphatic rings. The summed E-state index contributed by atoms with van der Waals surface area (Å²) in [4.78, 5) is 10.0. The Labute approximate surface area is 89.2 Å². The molecule has 75 valence electrons. The van der Waals surface area contributed by atoms with Crippen molar-refractivity contribution < 1.29 is 9.31 Å². The predicted octanol–water partition coefficient (Wildman–Crippen LogP) is 3.24. The first-order chi connectivity index (χ1) is 6.56. The number of alkyl halides is 1. The first kappa shape index (κ1) is 11.1. The lowest BCUT2D eigenvalue weighted by Gasteiger charge is -2.06. The Hall–Kier alpha value is -0.970. The van der Waals surface area contributed by atoms with Gasteiger partial charge in [-0.25, -0.2) is 0 Å². The number of benzene rings is 1. The van der Waals surface area contributed by atoms with Gasteiger partial charge in [0.05, 0.1) is 16.1 Å². The standard InChI is InChI=1S/C9H8BrFNO2/c1-6(5-11)7-2-3-8(10)9(4-7)12(13)14/h2-4,6H,1,5H2. The van der Waals surface area contributed by atoms with Crippen molar-refractivity contribution in [2.45, 2.75) is 5.92 Å². The first-order valence-electron chi connectivity index (χ1n) is 3.89. The fourth-order valence-corrected chi connectivity index (χ4v) is 1.40. The molecule has 1 radical (unpaired) electrons. The molecule has 1 unspecified atom stereocenters. The van der Waals surface area contributed by atoms with Gasteiger partial charge in [0.2, 0.25) is 0 Å². The molecule has 0 bridgehead atoms. The third kappa shape index (κ3) is 2.29. The van der Waals surface area contributed by atoms with E-state index in [1.807, 2.05) is 0 Å². The highest BCUT2D eigenvalue weighted by Gasteiger charge is 2.14. The summed E-state index contributed by atoms with van der Waals surface area (Å²) in [6.45, 7) is 2.92. The Bertz CT molecular complexity index is 357. The van der Waals surface area contributed by atoms with E-state index in [0.29, 0.717) is 10.0 Å². The summed E-state index contributed by atoms with van der Waals surface area (Å²) in [5, 5.41) is 10.5. The van der Waals surface area contributed by atoms with Crippen molar-refractivity contribution in [2.75, 3.05) is 6.67 Å². The van der Waals surface area contributed by atoms with Gasteiger partial charge in [-0.05, 0) is 34.5 Å². The van der Waals surface area contributed by atoms with Gasteiger partial charge in [-0.3, -0.25) is 14.5 Å². The molecule has 1 atom stereocenters. The SMILES string of the molecule is [CH2]C(CF)c1ccc(Br)c([N+](=O)[O-])c1. The Balaban J connectivity index is 3.12. The second-order valence-electron chi connectivity index (χ2n) is 2.82. The van der Waals surface area contributed by atoms with Gasteiger partial charge in [-0.15, -0.1) is 0 Å². The Kier molecular flexibility index (Phi) is 3.57. The quantitative estimate of drug-likeness (QED) is 0.619. The average molecular weight is 261 g/mol. The van der Waals surface area contributed by atoms with Gasteiger partial charge in [-0.1, -0.05) is 6.07 Å². The van der Waals surface area contributed by atoms with E-state index in [-0.39, 0.29) is 5.69 Å². The molecule has 3 nitrogen and oxygen atoms in total. The zero-order chi connectivity index (χ0) is 10.7. The van der Waals surface area contributed by atoms with E-state index < -0.39 is 17.5 Å². The summed E-state index contributed by atoms with van der Waals surface area (Å²) in [5.41, 5.74) is 0.465. The van der Waals surface area contributed by atoms with Crippen LogP contribution in [-0.4, -0.2) is 11.6 Å². The van der Waals surface area contributed by atoms with Crippen LogP contribution in [0.4, 0.5) is 10.1 Å². The van der Waals surface area contributed by atoms with Crippen molar-refractivity contribution in [1.29, 1.82) is 0 Å². The van der Waals surface area contributed by atoms with Crippen LogP contribution in [0.3, 0.4) is 0 Å². The minimum Gasteiger partial charge on any atom is -0.258 e. The lowest BCUT2D eigenvalue weighted by atomic mass is 10.0. The van der Waals surface area contributed by atoms with Crippen molar-refractivity contribution in [3.63, 3.8) is 0 Å². The average Bonchev–Trinajstić information content (AvgIpc) is 2.17. The maximum absolute atomic E-state index is 12.3. The van der Waals surface area contributed by atoms with Gasteiger partial charge in [-0.2, -0.15) is 0 Å². The number of rotatable bonds is 3. The van der Waals surface area contributed by atoms with Gasteiger partial charge in [0.25, 0.3) is 5.69 Å². The predicted molar refractivity (Wildman–Crippen MR) is 54.9 cm³/mol. The van der Waals surface area contributed by atoms with Gasteiger partial charge in [0.1, 0.15) is 0 Å². The van der Waals surface area contributed by atoms with Gasteiger partial charge in [0, 0.05) is 12.0 Å². The molecule has 0 spiro atoms. The molecule has 1 rings (SSSR count). The first-order valence-corrected chi connectivity index (χ1v) is 4.68. The van der Waals surface area contributed by atoms with Gasteiger partial charge in [0.15, 0.2) is 0 Å². The van der Waals surface area contributed by atoms with Crippen LogP contribution in [-0.2, 0) is 0 Å². The maximum atomic E-state index is 12.3. The second-order valence-corrected chi connectivity index (χ2v) is 3.67. The zero-order valence-corrected chi connectivity index (χ0v) is 8.83. The van der Waals surface area contributed by atoms with Crippen LogP contribution in [0, 0.1) is 17.0 Å². The Morgan fingerprint density at radius 1 is 1.64 bits per heavy atom. The molecule has 1 aromatic rings. The molecule has 5 heteroatoms. The highest BCUT2D eigenvalue weighted by molar-refractivity contribution is 9.10. The Morgan fingerprint density at radius 3 is 2.79 bits per heavy atom. The van der Waals surface area contributed by atoms with Crippen LogP contribution in [0.15, 0.2) is 22.7 Å². The lowest BCUT2D eigenvalue weighted by molar-refractivity contribution is -0.385. The summed E-state index contributed by atoms with van der Waals surface area (Å²) < 4.78 is 12.6. The van der Waals surface area contributed by atoms with E-state index in [1.54, 1.807) is 6.07 Å². The fraction of sp³-hybridized carbons (Fsp3) is 0.222. The molecule has 0 aromatic heterocycles. The molecule has 0 N–H and O–H groups in total. The highest BCUT2D eigenvalue weighted by atomic mass is 79.9. The molecule has 0 saturated carbocycles. The smallest absolute Gasteiger partial charge is 0.258 e. The topological polar surface area (TPSA) is 43.1 Å². The number of hydrogen-bond acceptors (Lipinski definition) is 2. The Morgan fingerprint density at radius 2 is 2.29 bits per heavy atom. The zero-order valence-electron chi connectivity index (χ0n) is 7.24. The van der Waals surface area contributed by atoms with Crippen molar-refractivity contribution in [3.05, 3.63) is 45.3 Å². The summed E-state index contributed by atoms with van der Waals surface area (Å²) >= 11 is 3.05. The summed E-state index contributed by atoms with van der Waals surface area (Å²) in [6.07, 6.45) is 0. The minimum absolute atomic E-state index is 0.0652. The van der Waals surface area contributed by atoms with Gasteiger partial charge >= 0.3 is 0 Å². The van der Waals surface area contributed by atoms with Crippen LogP contribution in [0.5, 0.6) is 0 Å². The van der Waals surface area contributed by atoms with Crippen LogP contribution in [0.25, 0.3) is 0 Å². The fourth-order valence-electron chi connectivity index (χ4n) is 1.01. The van der Waals surface area contributed by atoms with E-state index in [9.17, 15) is 14.5 Å². The maximum Gasteiger partial charge on any atom is 0.283 e. The van der Waals surface area contributed by atoms with E-state index in [1.165, 1.54) is 12.1 Å². The molecule has 0 saturated heterocycles. The van der Waals surface area contributed by atoms with E-state index in [2.05, 4.69) is 22.9 Å². The third-order valence-corrected chi connectivity index (χ3v) is 2.50. The van der Waals surface area contributed by atoms with E-state index >= 15 is 0 Å². The summed E-state index contributed by atoms with van der Waals surface area (Å²) in [5.74, 6) is -0.554. The summed E-state index contributed by atoms with van der Waals surface area (Å²) in [6, 6.07) is 4.48. The minimum atomic E-state index is -0.626. The molecule has 14 heavy (non-hydrogen) atoms. The molecule has 0 aliphatic heterocycles. The number of nitrogens with zero attached hydrogens (tertiary/aromatic N) is 1. The molecule has 0 heterocycles. The van der Waals surface area contributed by atoms with Crippen LogP contribution < -0.4 is 0 Å². The number of halogens is 2. The van der Waals surface area contributed by atoms with Crippen LogP contribution >= 0.6 is 15.9 Å². The van der Waals surface area contributed by atoms with Crippen LogP contribution in [0.2, 0.25) is 0 Å². The lowest BCUT2D eigenvalue weighted by Crippen LogP contribution is -1.98. The van der Waals surface area contributed by atoms with E-state index in [0.717, 1.165) is 0 Å². The van der Waals surface area contributed by atoms with Gasteiger partial charge < -0.3 is 0 Å². The van der Waals surface area contributed by atoms with Crippen molar-refractivity contribution in [1.82, 2.24) is 0 Å². The molecule has 1 aromatic carbocycles. The summed E-state index contributed by atoms with van der Waals surface area (Å²) in [7, 11) is 0. The largest absolute Gasteiger partial charge is 0.283 e. The number of nitro groups is 1. The van der Waals surface area contributed by atoms with Crippen molar-refractivity contribution in [2.24, 2.45) is 0 Å². The number of hydrogen-bond donors (Lipinski definition) is 0. The number of nitro benzene ring substituents is 1.